The summed E-state index contributed by atoms with van der Waals surface area (Å²) in [4.78, 5) is 9.90. The van der Waals surface area contributed by atoms with Crippen LogP contribution in [0.1, 0.15) is 6.42 Å². The summed E-state index contributed by atoms with van der Waals surface area (Å²) >= 11 is 0. The van der Waals surface area contributed by atoms with E-state index in [2.05, 4.69) is 5.73 Å². The fourth-order valence-electron chi connectivity index (χ4n) is 0.327. The first kappa shape index (κ1) is 9.22. The Labute approximate surface area is 55.4 Å². The van der Waals surface area contributed by atoms with Gasteiger partial charge in [-0.15, -0.1) is 0 Å². The number of carbonyl (C=O) groups excluding carboxylic acids is 1. The molecule has 0 aliphatic heterocycles. The zero-order valence-corrected chi connectivity index (χ0v) is 5.03. The quantitative estimate of drug-likeness (QED) is 0.564. The molecule has 0 heterocycles. The Balaban J connectivity index is 3.29. The minimum absolute atomic E-state index is 0.306. The molecule has 0 rings (SSSR count). The van der Waals surface area contributed by atoms with Crippen molar-refractivity contribution in [3.05, 3.63) is 0 Å². The van der Waals surface area contributed by atoms with Crippen molar-refractivity contribution in [3.63, 3.8) is 0 Å². The maximum atomic E-state index is 11.2. The number of hydrogen-bond donors (Lipinski definition) is 2. The Kier molecular flexibility index (Phi) is 3.14. The van der Waals surface area contributed by atoms with Crippen LogP contribution in [-0.4, -0.2) is 18.8 Å². The van der Waals surface area contributed by atoms with Crippen LogP contribution >= 0.6 is 0 Å². The number of nitrogens with one attached hydrogen (secondary N) is 1. The molecule has 6 heteroatoms. The van der Waals surface area contributed by atoms with Crippen molar-refractivity contribution < 1.29 is 18.0 Å². The van der Waals surface area contributed by atoms with E-state index in [1.165, 1.54) is 0 Å². The molecule has 0 fully saturated rings. The number of carbonyl (C=O) groups is 1. The Morgan fingerprint density at radius 1 is 1.50 bits per heavy atom. The van der Waals surface area contributed by atoms with Crippen molar-refractivity contribution in [2.45, 2.75) is 12.7 Å². The molecule has 0 aliphatic carbocycles. The van der Waals surface area contributed by atoms with Gasteiger partial charge in [0.1, 0.15) is 0 Å². The van der Waals surface area contributed by atoms with Gasteiger partial charge in [0, 0.05) is 13.0 Å². The summed E-state index contributed by atoms with van der Waals surface area (Å²) in [5.41, 5.74) is 4.58. The maximum absolute atomic E-state index is 11.2. The highest BCUT2D eigenvalue weighted by molar-refractivity contribution is 5.73. The van der Waals surface area contributed by atoms with Crippen LogP contribution < -0.4 is 11.1 Å². The molecule has 3 nitrogen and oxygen atoms in total. The molecule has 3 N–H and O–H groups in total. The molecule has 0 bridgehead atoms. The summed E-state index contributed by atoms with van der Waals surface area (Å²) in [5.74, 6) is -0.753. The summed E-state index contributed by atoms with van der Waals surface area (Å²) in [6.45, 7) is -0.459. The van der Waals surface area contributed by atoms with Gasteiger partial charge in [-0.1, -0.05) is 0 Å². The van der Waals surface area contributed by atoms with Crippen molar-refractivity contribution in [3.8, 4) is 0 Å². The first-order valence-corrected chi connectivity index (χ1v) is 2.52. The van der Waals surface area contributed by atoms with E-state index in [0.717, 1.165) is 5.32 Å². The SMILES string of the molecule is NC(=O)CCNC(F)(F)F. The van der Waals surface area contributed by atoms with Gasteiger partial charge in [-0.05, 0) is 0 Å². The van der Waals surface area contributed by atoms with Gasteiger partial charge in [0.25, 0.3) is 0 Å². The van der Waals surface area contributed by atoms with Gasteiger partial charge in [0.15, 0.2) is 0 Å². The van der Waals surface area contributed by atoms with Gasteiger partial charge in [-0.3, -0.25) is 4.79 Å². The van der Waals surface area contributed by atoms with E-state index < -0.39 is 18.8 Å². The first-order chi connectivity index (χ1) is 4.42. The van der Waals surface area contributed by atoms with Crippen LogP contribution in [-0.2, 0) is 4.79 Å². The smallest absolute Gasteiger partial charge is 0.370 e. The number of nitrogens with two attached hydrogens (primary N) is 1. The maximum Gasteiger partial charge on any atom is 0.457 e. The predicted molar refractivity (Wildman–Crippen MR) is 27.9 cm³/mol. The highest BCUT2D eigenvalue weighted by Gasteiger charge is 2.25. The standard InChI is InChI=1S/C4H7F3N2O/c5-4(6,7)9-2-1-3(8)10/h9H,1-2H2,(H2,8,10). The van der Waals surface area contributed by atoms with Crippen LogP contribution in [0.2, 0.25) is 0 Å². The van der Waals surface area contributed by atoms with E-state index in [-0.39, 0.29) is 6.42 Å². The van der Waals surface area contributed by atoms with Gasteiger partial charge in [0.05, 0.1) is 0 Å². The number of halogens is 3. The van der Waals surface area contributed by atoms with E-state index in [0.29, 0.717) is 0 Å². The van der Waals surface area contributed by atoms with Crippen molar-refractivity contribution >= 4 is 5.91 Å². The third kappa shape index (κ3) is 7.22. The number of alkyl halides is 3. The summed E-state index contributed by atoms with van der Waals surface area (Å²) in [5, 5.41) is 1.15. The lowest BCUT2D eigenvalue weighted by Crippen LogP contribution is -2.34. The van der Waals surface area contributed by atoms with Crippen LogP contribution in [0, 0.1) is 0 Å². The molecule has 0 aliphatic rings. The van der Waals surface area contributed by atoms with E-state index in [4.69, 9.17) is 0 Å². The molecule has 0 atom stereocenters. The topological polar surface area (TPSA) is 55.1 Å². The van der Waals surface area contributed by atoms with E-state index in [1.54, 1.807) is 0 Å². The summed E-state index contributed by atoms with van der Waals surface area (Å²) < 4.78 is 33.7. The molecule has 60 valence electrons. The Morgan fingerprint density at radius 2 is 2.00 bits per heavy atom. The minimum atomic E-state index is -4.42. The molecular formula is C4H7F3N2O. The first-order valence-electron chi connectivity index (χ1n) is 2.52. The molecular weight excluding hydrogens is 149 g/mol. The van der Waals surface area contributed by atoms with E-state index in [1.807, 2.05) is 0 Å². The zero-order valence-electron chi connectivity index (χ0n) is 5.03. The second-order valence-corrected chi connectivity index (χ2v) is 1.64. The Hall–Kier alpha value is -0.780. The molecule has 0 saturated heterocycles. The van der Waals surface area contributed by atoms with Crippen LogP contribution in [0.3, 0.4) is 0 Å². The van der Waals surface area contributed by atoms with Crippen molar-refractivity contribution in [2.24, 2.45) is 5.73 Å². The Morgan fingerprint density at radius 3 is 2.30 bits per heavy atom. The van der Waals surface area contributed by atoms with Gasteiger partial charge in [-0.2, -0.15) is 13.2 Å². The van der Waals surface area contributed by atoms with Gasteiger partial charge in [-0.25, -0.2) is 5.32 Å². The average Bonchev–Trinajstić information content (AvgIpc) is 1.59. The Bertz CT molecular complexity index is 122. The fourth-order valence-corrected chi connectivity index (χ4v) is 0.327. The molecule has 0 spiro atoms. The minimum Gasteiger partial charge on any atom is -0.370 e. The van der Waals surface area contributed by atoms with Gasteiger partial charge in [0.2, 0.25) is 5.91 Å². The second-order valence-electron chi connectivity index (χ2n) is 1.64. The molecule has 0 unspecified atom stereocenters. The monoisotopic (exact) mass is 156 g/mol. The van der Waals surface area contributed by atoms with Crippen LogP contribution in [0.4, 0.5) is 13.2 Å². The lowest BCUT2D eigenvalue weighted by Gasteiger charge is -2.05. The van der Waals surface area contributed by atoms with Crippen molar-refractivity contribution in [1.82, 2.24) is 5.32 Å². The van der Waals surface area contributed by atoms with E-state index >= 15 is 0 Å². The lowest BCUT2D eigenvalue weighted by molar-refractivity contribution is -0.157. The summed E-state index contributed by atoms with van der Waals surface area (Å²) in [6.07, 6.45) is -4.73. The molecule has 0 aromatic carbocycles. The average molecular weight is 156 g/mol. The normalized spacial score (nSPS) is 11.5. The third-order valence-corrected chi connectivity index (χ3v) is 0.697. The predicted octanol–water partition coefficient (Wildman–Crippen LogP) is -0.0288. The molecule has 1 amide bonds. The number of primary amides is 1. The zero-order chi connectivity index (χ0) is 8.20. The second kappa shape index (κ2) is 3.40. The highest BCUT2D eigenvalue weighted by atomic mass is 19.4. The molecule has 10 heavy (non-hydrogen) atoms. The molecule has 0 radical (unpaired) electrons. The third-order valence-electron chi connectivity index (χ3n) is 0.697. The van der Waals surface area contributed by atoms with Crippen molar-refractivity contribution in [1.29, 1.82) is 0 Å². The fraction of sp³-hybridized carbons (Fsp3) is 0.750. The molecule has 0 aromatic heterocycles. The molecule has 0 aromatic rings. The van der Waals surface area contributed by atoms with Crippen LogP contribution in [0.15, 0.2) is 0 Å². The van der Waals surface area contributed by atoms with Gasteiger partial charge >= 0.3 is 6.30 Å². The van der Waals surface area contributed by atoms with Gasteiger partial charge < -0.3 is 5.73 Å². The lowest BCUT2D eigenvalue weighted by atomic mass is 10.4. The largest absolute Gasteiger partial charge is 0.457 e. The van der Waals surface area contributed by atoms with Crippen LogP contribution in [0.5, 0.6) is 0 Å². The number of hydrogen-bond acceptors (Lipinski definition) is 2. The highest BCUT2D eigenvalue weighted by Crippen LogP contribution is 2.08. The number of rotatable bonds is 3. The van der Waals surface area contributed by atoms with Crippen LogP contribution in [0.25, 0.3) is 0 Å². The van der Waals surface area contributed by atoms with E-state index in [9.17, 15) is 18.0 Å². The molecule has 0 saturated carbocycles. The summed E-state index contributed by atoms with van der Waals surface area (Å²) in [6, 6.07) is 0. The van der Waals surface area contributed by atoms with Crippen molar-refractivity contribution in [2.75, 3.05) is 6.54 Å². The number of amides is 1. The summed E-state index contributed by atoms with van der Waals surface area (Å²) in [7, 11) is 0.